The largest absolute Gasteiger partial charge is 0.481 e. The SMILES string of the molecule is Cc1cc(F)c(Br)cc1C1(C(=O)O)CCCCC1. The zero-order valence-corrected chi connectivity index (χ0v) is 11.9. The predicted molar refractivity (Wildman–Crippen MR) is 71.2 cm³/mol. The number of halogens is 2. The van der Waals surface area contributed by atoms with Crippen LogP contribution in [0.2, 0.25) is 0 Å². The van der Waals surface area contributed by atoms with Crippen molar-refractivity contribution < 1.29 is 14.3 Å². The number of hydrogen-bond acceptors (Lipinski definition) is 1. The maximum atomic E-state index is 13.5. The number of hydrogen-bond donors (Lipinski definition) is 1. The summed E-state index contributed by atoms with van der Waals surface area (Å²) >= 11 is 3.15. The van der Waals surface area contributed by atoms with Crippen molar-refractivity contribution >= 4 is 21.9 Å². The third-order valence-corrected chi connectivity index (χ3v) is 4.51. The molecule has 1 saturated carbocycles. The summed E-state index contributed by atoms with van der Waals surface area (Å²) < 4.78 is 13.8. The molecule has 1 aromatic carbocycles. The van der Waals surface area contributed by atoms with Crippen LogP contribution in [-0.4, -0.2) is 11.1 Å². The van der Waals surface area contributed by atoms with Gasteiger partial charge < -0.3 is 5.11 Å². The highest BCUT2D eigenvalue weighted by atomic mass is 79.9. The smallest absolute Gasteiger partial charge is 0.314 e. The van der Waals surface area contributed by atoms with Crippen LogP contribution in [0.5, 0.6) is 0 Å². The van der Waals surface area contributed by atoms with E-state index in [9.17, 15) is 14.3 Å². The monoisotopic (exact) mass is 314 g/mol. The predicted octanol–water partition coefficient (Wildman–Crippen LogP) is 4.18. The molecule has 0 amide bonds. The number of aryl methyl sites for hydroxylation is 1. The first kappa shape index (κ1) is 13.5. The molecule has 1 aliphatic rings. The van der Waals surface area contributed by atoms with Gasteiger partial charge in [-0.15, -0.1) is 0 Å². The van der Waals surface area contributed by atoms with Crippen LogP contribution in [0.4, 0.5) is 4.39 Å². The molecular weight excluding hydrogens is 299 g/mol. The first-order valence-corrected chi connectivity index (χ1v) is 6.96. The van der Waals surface area contributed by atoms with E-state index in [-0.39, 0.29) is 5.82 Å². The van der Waals surface area contributed by atoms with E-state index in [4.69, 9.17) is 0 Å². The van der Waals surface area contributed by atoms with Crippen molar-refractivity contribution in [2.75, 3.05) is 0 Å². The third-order valence-electron chi connectivity index (χ3n) is 3.90. The Morgan fingerprint density at radius 1 is 1.33 bits per heavy atom. The number of carboxylic acid groups (broad SMARTS) is 1. The molecule has 18 heavy (non-hydrogen) atoms. The van der Waals surface area contributed by atoms with Crippen molar-refractivity contribution in [3.63, 3.8) is 0 Å². The molecule has 1 fully saturated rings. The van der Waals surface area contributed by atoms with Gasteiger partial charge in [-0.25, -0.2) is 4.39 Å². The molecule has 0 saturated heterocycles. The quantitative estimate of drug-likeness (QED) is 0.889. The fraction of sp³-hybridized carbons (Fsp3) is 0.500. The van der Waals surface area contributed by atoms with Crippen LogP contribution in [0, 0.1) is 12.7 Å². The summed E-state index contributed by atoms with van der Waals surface area (Å²) in [6.07, 6.45) is 4.19. The Morgan fingerprint density at radius 2 is 1.94 bits per heavy atom. The second-order valence-electron chi connectivity index (χ2n) is 5.03. The molecule has 98 valence electrons. The van der Waals surface area contributed by atoms with Crippen LogP contribution >= 0.6 is 15.9 Å². The van der Waals surface area contributed by atoms with Gasteiger partial charge in [0.25, 0.3) is 0 Å². The first-order valence-electron chi connectivity index (χ1n) is 6.17. The summed E-state index contributed by atoms with van der Waals surface area (Å²) in [6.45, 7) is 1.78. The van der Waals surface area contributed by atoms with Gasteiger partial charge in [-0.1, -0.05) is 19.3 Å². The molecule has 1 aromatic rings. The lowest BCUT2D eigenvalue weighted by Crippen LogP contribution is -2.38. The molecule has 2 rings (SSSR count). The molecule has 0 spiro atoms. The third kappa shape index (κ3) is 2.18. The van der Waals surface area contributed by atoms with E-state index in [1.54, 1.807) is 13.0 Å². The highest BCUT2D eigenvalue weighted by Gasteiger charge is 2.42. The highest BCUT2D eigenvalue weighted by Crippen LogP contribution is 2.42. The first-order chi connectivity index (χ1) is 8.47. The van der Waals surface area contributed by atoms with Crippen molar-refractivity contribution in [3.05, 3.63) is 33.5 Å². The summed E-state index contributed by atoms with van der Waals surface area (Å²) in [4.78, 5) is 11.7. The zero-order chi connectivity index (χ0) is 13.3. The Balaban J connectivity index is 2.55. The average molecular weight is 315 g/mol. The summed E-state index contributed by atoms with van der Waals surface area (Å²) in [5, 5.41) is 9.62. The molecule has 4 heteroatoms. The Labute approximate surface area is 114 Å². The van der Waals surface area contributed by atoms with Crippen LogP contribution < -0.4 is 0 Å². The zero-order valence-electron chi connectivity index (χ0n) is 10.3. The summed E-state index contributed by atoms with van der Waals surface area (Å²) in [7, 11) is 0. The number of rotatable bonds is 2. The van der Waals surface area contributed by atoms with E-state index in [0.717, 1.165) is 30.4 Å². The van der Waals surface area contributed by atoms with Crippen LogP contribution in [-0.2, 0) is 10.2 Å². The number of aliphatic carboxylic acids is 1. The maximum Gasteiger partial charge on any atom is 0.314 e. The molecule has 0 aliphatic heterocycles. The van der Waals surface area contributed by atoms with Crippen LogP contribution in [0.1, 0.15) is 43.2 Å². The number of carboxylic acids is 1. The van der Waals surface area contributed by atoms with Crippen LogP contribution in [0.25, 0.3) is 0 Å². The molecule has 0 atom stereocenters. The van der Waals surface area contributed by atoms with Crippen molar-refractivity contribution in [1.29, 1.82) is 0 Å². The summed E-state index contributed by atoms with van der Waals surface area (Å²) in [5.41, 5.74) is 0.640. The molecule has 0 aromatic heterocycles. The minimum atomic E-state index is -0.835. The minimum absolute atomic E-state index is 0.340. The molecular formula is C14H16BrFO2. The second kappa shape index (κ2) is 5.00. The van der Waals surface area contributed by atoms with E-state index in [1.165, 1.54) is 6.07 Å². The highest BCUT2D eigenvalue weighted by molar-refractivity contribution is 9.10. The lowest BCUT2D eigenvalue weighted by Gasteiger charge is -2.35. The van der Waals surface area contributed by atoms with Gasteiger partial charge in [0, 0.05) is 0 Å². The molecule has 0 unspecified atom stereocenters. The molecule has 1 N–H and O–H groups in total. The van der Waals surface area contributed by atoms with Crippen molar-refractivity contribution in [1.82, 2.24) is 0 Å². The van der Waals surface area contributed by atoms with E-state index in [2.05, 4.69) is 15.9 Å². The summed E-state index contributed by atoms with van der Waals surface area (Å²) in [6, 6.07) is 3.06. The maximum absolute atomic E-state index is 13.5. The lowest BCUT2D eigenvalue weighted by molar-refractivity contribution is -0.145. The number of benzene rings is 1. The minimum Gasteiger partial charge on any atom is -0.481 e. The van der Waals surface area contributed by atoms with Gasteiger partial charge in [0.05, 0.1) is 9.89 Å². The average Bonchev–Trinajstić information content (AvgIpc) is 2.34. The molecule has 1 aliphatic carbocycles. The van der Waals surface area contributed by atoms with Gasteiger partial charge in [0.1, 0.15) is 5.82 Å². The van der Waals surface area contributed by atoms with Gasteiger partial charge in [0.2, 0.25) is 0 Å². The fourth-order valence-corrected chi connectivity index (χ4v) is 3.26. The van der Waals surface area contributed by atoms with Crippen molar-refractivity contribution in [2.45, 2.75) is 44.4 Å². The van der Waals surface area contributed by atoms with Crippen molar-refractivity contribution in [3.8, 4) is 0 Å². The van der Waals surface area contributed by atoms with E-state index >= 15 is 0 Å². The second-order valence-corrected chi connectivity index (χ2v) is 5.88. The number of carbonyl (C=O) groups is 1. The summed E-state index contributed by atoms with van der Waals surface area (Å²) in [5.74, 6) is -1.13. The molecule has 2 nitrogen and oxygen atoms in total. The normalized spacial score (nSPS) is 18.6. The van der Waals surface area contributed by atoms with Gasteiger partial charge in [-0.3, -0.25) is 4.79 Å². The van der Waals surface area contributed by atoms with Gasteiger partial charge in [0.15, 0.2) is 0 Å². The molecule has 0 bridgehead atoms. The topological polar surface area (TPSA) is 37.3 Å². The van der Waals surface area contributed by atoms with E-state index in [1.807, 2.05) is 0 Å². The van der Waals surface area contributed by atoms with E-state index in [0.29, 0.717) is 17.3 Å². The Kier molecular flexibility index (Phi) is 3.76. The fourth-order valence-electron chi connectivity index (χ4n) is 2.92. The van der Waals surface area contributed by atoms with Crippen LogP contribution in [0.3, 0.4) is 0 Å². The van der Waals surface area contributed by atoms with Gasteiger partial charge in [-0.05, 0) is 59.0 Å². The van der Waals surface area contributed by atoms with Crippen molar-refractivity contribution in [2.24, 2.45) is 0 Å². The lowest BCUT2D eigenvalue weighted by atomic mass is 9.68. The van der Waals surface area contributed by atoms with Gasteiger partial charge in [-0.2, -0.15) is 0 Å². The van der Waals surface area contributed by atoms with Gasteiger partial charge >= 0.3 is 5.97 Å². The molecule has 0 radical (unpaired) electrons. The molecule has 0 heterocycles. The van der Waals surface area contributed by atoms with E-state index < -0.39 is 11.4 Å². The standard InChI is InChI=1S/C14H16BrFO2/c1-9-7-12(16)11(15)8-10(9)14(13(17)18)5-3-2-4-6-14/h7-8H,2-6H2,1H3,(H,17,18). The Hall–Kier alpha value is -0.900. The van der Waals surface area contributed by atoms with Crippen LogP contribution in [0.15, 0.2) is 16.6 Å². The Bertz CT molecular complexity index is 479. The Morgan fingerprint density at radius 3 is 2.50 bits per heavy atom.